The Morgan fingerprint density at radius 3 is 2.55 bits per heavy atom. The first kappa shape index (κ1) is 25.3. The number of hydrogen-bond acceptors (Lipinski definition) is 5. The van der Waals surface area contributed by atoms with Gasteiger partial charge in [0, 0.05) is 31.2 Å². The maximum atomic E-state index is 13.2. The van der Waals surface area contributed by atoms with Crippen molar-refractivity contribution in [3.05, 3.63) is 34.3 Å². The van der Waals surface area contributed by atoms with Crippen LogP contribution in [-0.4, -0.2) is 64.5 Å². The zero-order chi connectivity index (χ0) is 24.0. The van der Waals surface area contributed by atoms with Crippen LogP contribution >= 0.6 is 11.6 Å². The van der Waals surface area contributed by atoms with Crippen molar-refractivity contribution < 1.29 is 19.5 Å². The minimum Gasteiger partial charge on any atom is -0.465 e. The third-order valence-corrected chi connectivity index (χ3v) is 7.02. The summed E-state index contributed by atoms with van der Waals surface area (Å²) >= 11 is 6.20. The molecule has 33 heavy (non-hydrogen) atoms. The highest BCUT2D eigenvalue weighted by Crippen LogP contribution is 2.27. The highest BCUT2D eigenvalue weighted by Gasteiger charge is 2.39. The van der Waals surface area contributed by atoms with Crippen molar-refractivity contribution in [2.75, 3.05) is 19.6 Å². The van der Waals surface area contributed by atoms with Crippen molar-refractivity contribution in [3.8, 4) is 0 Å². The third-order valence-electron chi connectivity index (χ3n) is 6.67. The van der Waals surface area contributed by atoms with Crippen molar-refractivity contribution in [2.45, 2.75) is 63.7 Å². The van der Waals surface area contributed by atoms with Crippen LogP contribution in [0.5, 0.6) is 0 Å². The SMILES string of the molecule is NCc1ccc(CNC(=O)[C@@H]2CN(C(=O)O)CCN2C(=O)C(N)CC2CCCCC2)cc1Cl. The molecule has 9 nitrogen and oxygen atoms in total. The molecular formula is C23H34ClN5O4. The molecule has 0 bridgehead atoms. The molecule has 182 valence electrons. The number of carboxylic acid groups (broad SMARTS) is 1. The summed E-state index contributed by atoms with van der Waals surface area (Å²) in [6.07, 6.45) is 5.16. The fourth-order valence-corrected chi connectivity index (χ4v) is 4.99. The summed E-state index contributed by atoms with van der Waals surface area (Å²) in [7, 11) is 0. The number of nitrogens with one attached hydrogen (secondary N) is 1. The van der Waals surface area contributed by atoms with Gasteiger partial charge >= 0.3 is 6.09 Å². The molecule has 2 fully saturated rings. The van der Waals surface area contributed by atoms with Crippen LogP contribution in [0.4, 0.5) is 4.79 Å². The van der Waals surface area contributed by atoms with Crippen molar-refractivity contribution in [1.82, 2.24) is 15.1 Å². The van der Waals surface area contributed by atoms with Gasteiger partial charge in [-0.3, -0.25) is 9.59 Å². The van der Waals surface area contributed by atoms with Gasteiger partial charge in [0.05, 0.1) is 12.6 Å². The monoisotopic (exact) mass is 479 g/mol. The van der Waals surface area contributed by atoms with E-state index in [9.17, 15) is 19.5 Å². The highest BCUT2D eigenvalue weighted by molar-refractivity contribution is 6.31. The van der Waals surface area contributed by atoms with Crippen LogP contribution in [0.2, 0.25) is 5.02 Å². The number of benzene rings is 1. The second-order valence-electron chi connectivity index (χ2n) is 8.97. The molecule has 6 N–H and O–H groups in total. The maximum Gasteiger partial charge on any atom is 0.407 e. The number of carbonyl (C=O) groups is 3. The Hall–Kier alpha value is -2.36. The Kier molecular flexibility index (Phi) is 8.94. The predicted molar refractivity (Wildman–Crippen MR) is 125 cm³/mol. The van der Waals surface area contributed by atoms with Gasteiger partial charge in [0.2, 0.25) is 11.8 Å². The lowest BCUT2D eigenvalue weighted by Gasteiger charge is -2.40. The Labute approximate surface area is 199 Å². The average molecular weight is 480 g/mol. The Morgan fingerprint density at radius 2 is 1.91 bits per heavy atom. The van der Waals surface area contributed by atoms with Crippen molar-refractivity contribution in [3.63, 3.8) is 0 Å². The molecule has 1 unspecified atom stereocenters. The molecule has 1 aliphatic carbocycles. The van der Waals surface area contributed by atoms with Gasteiger partial charge in [-0.15, -0.1) is 0 Å². The largest absolute Gasteiger partial charge is 0.465 e. The van der Waals surface area contributed by atoms with Crippen LogP contribution < -0.4 is 16.8 Å². The molecule has 1 saturated heterocycles. The Balaban J connectivity index is 1.67. The van der Waals surface area contributed by atoms with Crippen molar-refractivity contribution in [1.29, 1.82) is 0 Å². The zero-order valence-electron chi connectivity index (χ0n) is 18.8. The summed E-state index contributed by atoms with van der Waals surface area (Å²) in [5.41, 5.74) is 13.5. The lowest BCUT2D eigenvalue weighted by atomic mass is 9.84. The molecule has 0 spiro atoms. The maximum absolute atomic E-state index is 13.2. The molecule has 3 rings (SSSR count). The molecule has 10 heteroatoms. The first-order chi connectivity index (χ1) is 15.8. The number of nitrogens with zero attached hydrogens (tertiary/aromatic N) is 2. The van der Waals surface area contributed by atoms with Gasteiger partial charge < -0.3 is 31.7 Å². The van der Waals surface area contributed by atoms with Crippen LogP contribution in [0.15, 0.2) is 18.2 Å². The number of hydrogen-bond donors (Lipinski definition) is 4. The molecular weight excluding hydrogens is 446 g/mol. The van der Waals surface area contributed by atoms with E-state index in [1.165, 1.54) is 11.3 Å². The first-order valence-corrected chi connectivity index (χ1v) is 12.0. The molecule has 1 aromatic rings. The molecule has 3 amide bonds. The summed E-state index contributed by atoms with van der Waals surface area (Å²) in [5.74, 6) is -0.286. The molecule has 1 aromatic carbocycles. The second kappa shape index (κ2) is 11.7. The van der Waals surface area contributed by atoms with E-state index in [0.29, 0.717) is 23.9 Å². The normalized spacial score (nSPS) is 20.4. The number of amides is 3. The standard InChI is InChI=1S/C23H34ClN5O4/c24-18-10-16(6-7-17(18)12-25)13-27-21(30)20-14-28(23(32)33)8-9-29(20)22(31)19(26)11-15-4-2-1-3-5-15/h6-7,10,15,19-20H,1-5,8-9,11-14,25-26H2,(H,27,30)(H,32,33)/t19?,20-/m0/s1. The molecule has 1 aliphatic heterocycles. The van der Waals surface area contributed by atoms with E-state index < -0.39 is 24.1 Å². The Bertz CT molecular complexity index is 861. The van der Waals surface area contributed by atoms with E-state index in [4.69, 9.17) is 23.1 Å². The summed E-state index contributed by atoms with van der Waals surface area (Å²) < 4.78 is 0. The van der Waals surface area contributed by atoms with Crippen molar-refractivity contribution in [2.24, 2.45) is 17.4 Å². The smallest absolute Gasteiger partial charge is 0.407 e. The lowest BCUT2D eigenvalue weighted by molar-refractivity contribution is -0.144. The molecule has 1 saturated carbocycles. The lowest BCUT2D eigenvalue weighted by Crippen LogP contribution is -2.63. The second-order valence-corrected chi connectivity index (χ2v) is 9.38. The van der Waals surface area contributed by atoms with Crippen LogP contribution in [0.1, 0.15) is 49.7 Å². The summed E-state index contributed by atoms with van der Waals surface area (Å²) in [5, 5.41) is 12.8. The fraction of sp³-hybridized carbons (Fsp3) is 0.609. The topological polar surface area (TPSA) is 142 Å². The first-order valence-electron chi connectivity index (χ1n) is 11.6. The van der Waals surface area contributed by atoms with Gasteiger partial charge in [-0.05, 0) is 29.5 Å². The van der Waals surface area contributed by atoms with Crippen LogP contribution in [-0.2, 0) is 22.7 Å². The zero-order valence-corrected chi connectivity index (χ0v) is 19.6. The van der Waals surface area contributed by atoms with E-state index in [-0.39, 0.29) is 32.1 Å². The van der Waals surface area contributed by atoms with Gasteiger partial charge in [0.25, 0.3) is 0 Å². The van der Waals surface area contributed by atoms with E-state index in [2.05, 4.69) is 5.32 Å². The minimum atomic E-state index is -1.12. The fourth-order valence-electron chi connectivity index (χ4n) is 4.71. The summed E-state index contributed by atoms with van der Waals surface area (Å²) in [6, 6.07) is 3.73. The Morgan fingerprint density at radius 1 is 1.18 bits per heavy atom. The van der Waals surface area contributed by atoms with Gasteiger partial charge in [0.1, 0.15) is 6.04 Å². The summed E-state index contributed by atoms with van der Waals surface area (Å²) in [6.45, 7) is 0.714. The van der Waals surface area contributed by atoms with Crippen LogP contribution in [0.3, 0.4) is 0 Å². The molecule has 2 atom stereocenters. The number of nitrogens with two attached hydrogens (primary N) is 2. The van der Waals surface area contributed by atoms with Crippen LogP contribution in [0, 0.1) is 5.92 Å². The third kappa shape index (κ3) is 6.59. The van der Waals surface area contributed by atoms with E-state index in [0.717, 1.165) is 41.7 Å². The van der Waals surface area contributed by atoms with Crippen LogP contribution in [0.25, 0.3) is 0 Å². The highest BCUT2D eigenvalue weighted by atomic mass is 35.5. The van der Waals surface area contributed by atoms with Gasteiger partial charge in [-0.25, -0.2) is 4.79 Å². The molecule has 0 radical (unpaired) electrons. The average Bonchev–Trinajstić information content (AvgIpc) is 2.82. The molecule has 1 heterocycles. The molecule has 2 aliphatic rings. The van der Waals surface area contributed by atoms with Gasteiger partial charge in [-0.2, -0.15) is 0 Å². The predicted octanol–water partition coefficient (Wildman–Crippen LogP) is 1.90. The van der Waals surface area contributed by atoms with E-state index in [1.54, 1.807) is 12.1 Å². The van der Waals surface area contributed by atoms with Crippen molar-refractivity contribution >= 4 is 29.5 Å². The quantitative estimate of drug-likeness (QED) is 0.470. The minimum absolute atomic E-state index is 0.0874. The number of rotatable bonds is 7. The molecule has 0 aromatic heterocycles. The number of carbonyl (C=O) groups excluding carboxylic acids is 2. The van der Waals surface area contributed by atoms with E-state index in [1.807, 2.05) is 6.07 Å². The number of piperazine rings is 1. The number of halogens is 1. The van der Waals surface area contributed by atoms with Gasteiger partial charge in [0.15, 0.2) is 0 Å². The van der Waals surface area contributed by atoms with E-state index >= 15 is 0 Å². The summed E-state index contributed by atoms with van der Waals surface area (Å²) in [4.78, 5) is 40.4. The van der Waals surface area contributed by atoms with Gasteiger partial charge in [-0.1, -0.05) is 55.8 Å².